The highest BCUT2D eigenvalue weighted by Gasteiger charge is 2.28. The van der Waals surface area contributed by atoms with Crippen molar-refractivity contribution in [3.05, 3.63) is 22.4 Å². The van der Waals surface area contributed by atoms with Gasteiger partial charge < -0.3 is 5.32 Å². The standard InChI is InChI=1S/C17H30N2S/c1-14(2)4-5-15(3)18-9-10-19(17-6-7-17)12-16-8-11-20-13-16/h8,11,13-15,17-18H,4-7,9-10,12H2,1-3H3. The van der Waals surface area contributed by atoms with Gasteiger partial charge in [0.1, 0.15) is 0 Å². The van der Waals surface area contributed by atoms with Crippen LogP contribution in [0.25, 0.3) is 0 Å². The summed E-state index contributed by atoms with van der Waals surface area (Å²) in [5.74, 6) is 0.820. The molecule has 114 valence electrons. The minimum atomic E-state index is 0.652. The molecule has 1 atom stereocenters. The van der Waals surface area contributed by atoms with Crippen LogP contribution < -0.4 is 5.32 Å². The predicted octanol–water partition coefficient (Wildman–Crippen LogP) is 4.13. The van der Waals surface area contributed by atoms with Gasteiger partial charge in [-0.15, -0.1) is 0 Å². The summed E-state index contributed by atoms with van der Waals surface area (Å²) in [6.45, 7) is 10.4. The highest BCUT2D eigenvalue weighted by molar-refractivity contribution is 7.07. The van der Waals surface area contributed by atoms with Crippen molar-refractivity contribution in [2.45, 2.75) is 65.1 Å². The van der Waals surface area contributed by atoms with Crippen LogP contribution in [0.5, 0.6) is 0 Å². The molecular weight excluding hydrogens is 264 g/mol. The molecule has 1 saturated carbocycles. The minimum Gasteiger partial charge on any atom is -0.313 e. The average molecular weight is 295 g/mol. The lowest BCUT2D eigenvalue weighted by Crippen LogP contribution is -2.36. The maximum absolute atomic E-state index is 3.69. The lowest BCUT2D eigenvalue weighted by Gasteiger charge is -2.23. The second kappa shape index (κ2) is 8.16. The van der Waals surface area contributed by atoms with E-state index < -0.39 is 0 Å². The molecule has 1 aliphatic rings. The van der Waals surface area contributed by atoms with Crippen molar-refractivity contribution in [3.63, 3.8) is 0 Å². The van der Waals surface area contributed by atoms with E-state index >= 15 is 0 Å². The number of hydrogen-bond donors (Lipinski definition) is 1. The zero-order valence-corrected chi connectivity index (χ0v) is 14.1. The zero-order chi connectivity index (χ0) is 14.4. The van der Waals surface area contributed by atoms with Gasteiger partial charge in [-0.3, -0.25) is 4.90 Å². The molecule has 2 nitrogen and oxygen atoms in total. The molecule has 0 aromatic carbocycles. The molecular formula is C17H30N2S. The van der Waals surface area contributed by atoms with Gasteiger partial charge in [-0.25, -0.2) is 0 Å². The van der Waals surface area contributed by atoms with Gasteiger partial charge in [0.05, 0.1) is 0 Å². The first-order valence-electron chi connectivity index (χ1n) is 8.13. The quantitative estimate of drug-likeness (QED) is 0.698. The van der Waals surface area contributed by atoms with Gasteiger partial charge in [-0.2, -0.15) is 11.3 Å². The number of thiophene rings is 1. The molecule has 1 aromatic rings. The van der Waals surface area contributed by atoms with Gasteiger partial charge in [0, 0.05) is 31.7 Å². The monoisotopic (exact) mass is 294 g/mol. The largest absolute Gasteiger partial charge is 0.313 e. The van der Waals surface area contributed by atoms with Gasteiger partial charge >= 0.3 is 0 Å². The van der Waals surface area contributed by atoms with Crippen molar-refractivity contribution in [1.29, 1.82) is 0 Å². The van der Waals surface area contributed by atoms with Crippen LogP contribution in [0.15, 0.2) is 16.8 Å². The van der Waals surface area contributed by atoms with Crippen LogP contribution in [0.4, 0.5) is 0 Å². The fourth-order valence-electron chi connectivity index (χ4n) is 2.59. The first-order valence-corrected chi connectivity index (χ1v) is 9.08. The van der Waals surface area contributed by atoms with Crippen LogP contribution in [0.1, 0.15) is 52.0 Å². The molecule has 1 aromatic heterocycles. The maximum Gasteiger partial charge on any atom is 0.0245 e. The van der Waals surface area contributed by atoms with Gasteiger partial charge in [0.15, 0.2) is 0 Å². The minimum absolute atomic E-state index is 0.652. The lowest BCUT2D eigenvalue weighted by atomic mass is 10.0. The third kappa shape index (κ3) is 5.94. The second-order valence-electron chi connectivity index (χ2n) is 6.66. The first-order chi connectivity index (χ1) is 9.65. The molecule has 0 aliphatic heterocycles. The van der Waals surface area contributed by atoms with Crippen LogP contribution in [0.2, 0.25) is 0 Å². The summed E-state index contributed by atoms with van der Waals surface area (Å²) in [5, 5.41) is 8.16. The molecule has 1 aliphatic carbocycles. The predicted molar refractivity (Wildman–Crippen MR) is 89.3 cm³/mol. The van der Waals surface area contributed by atoms with E-state index in [9.17, 15) is 0 Å². The van der Waals surface area contributed by atoms with Crippen molar-refractivity contribution >= 4 is 11.3 Å². The molecule has 0 amide bonds. The number of rotatable bonds is 10. The van der Waals surface area contributed by atoms with Crippen molar-refractivity contribution in [3.8, 4) is 0 Å². The lowest BCUT2D eigenvalue weighted by molar-refractivity contribution is 0.250. The zero-order valence-electron chi connectivity index (χ0n) is 13.3. The van der Waals surface area contributed by atoms with E-state index in [1.807, 2.05) is 11.3 Å². The fraction of sp³-hybridized carbons (Fsp3) is 0.765. The topological polar surface area (TPSA) is 15.3 Å². The number of nitrogens with zero attached hydrogens (tertiary/aromatic N) is 1. The summed E-state index contributed by atoms with van der Waals surface area (Å²) in [5.41, 5.74) is 1.48. The maximum atomic E-state index is 3.69. The SMILES string of the molecule is CC(C)CCC(C)NCCN(Cc1ccsc1)C1CC1. The van der Waals surface area contributed by atoms with E-state index in [1.165, 1.54) is 37.8 Å². The van der Waals surface area contributed by atoms with E-state index in [0.29, 0.717) is 6.04 Å². The van der Waals surface area contributed by atoms with Gasteiger partial charge in [0.25, 0.3) is 0 Å². The summed E-state index contributed by atoms with van der Waals surface area (Å²) in [4.78, 5) is 2.66. The molecule has 0 saturated heterocycles. The van der Waals surface area contributed by atoms with E-state index in [-0.39, 0.29) is 0 Å². The van der Waals surface area contributed by atoms with Gasteiger partial charge in [-0.1, -0.05) is 13.8 Å². The third-order valence-corrected chi connectivity index (χ3v) is 4.83. The van der Waals surface area contributed by atoms with Crippen molar-refractivity contribution in [2.75, 3.05) is 13.1 Å². The van der Waals surface area contributed by atoms with Crippen LogP contribution in [-0.4, -0.2) is 30.1 Å². The average Bonchev–Trinajstić information content (AvgIpc) is 3.13. The highest BCUT2D eigenvalue weighted by Crippen LogP contribution is 2.28. The second-order valence-corrected chi connectivity index (χ2v) is 7.44. The molecule has 1 N–H and O–H groups in total. The Hall–Kier alpha value is -0.380. The molecule has 1 unspecified atom stereocenters. The Balaban J connectivity index is 1.65. The van der Waals surface area contributed by atoms with E-state index in [0.717, 1.165) is 25.0 Å². The number of nitrogens with one attached hydrogen (secondary N) is 1. The van der Waals surface area contributed by atoms with Gasteiger partial charge in [0.2, 0.25) is 0 Å². The van der Waals surface area contributed by atoms with E-state index in [1.54, 1.807) is 0 Å². The Labute approximate surface area is 128 Å². The molecule has 0 bridgehead atoms. The Morgan fingerprint density at radius 1 is 1.30 bits per heavy atom. The molecule has 3 heteroatoms. The number of hydrogen-bond acceptors (Lipinski definition) is 3. The van der Waals surface area contributed by atoms with Crippen molar-refractivity contribution in [2.24, 2.45) is 5.92 Å². The van der Waals surface area contributed by atoms with Crippen LogP contribution in [0, 0.1) is 5.92 Å². The Morgan fingerprint density at radius 3 is 2.70 bits per heavy atom. The molecule has 20 heavy (non-hydrogen) atoms. The first kappa shape index (κ1) is 16.0. The van der Waals surface area contributed by atoms with Crippen LogP contribution >= 0.6 is 11.3 Å². The van der Waals surface area contributed by atoms with Crippen molar-refractivity contribution < 1.29 is 0 Å². The summed E-state index contributed by atoms with van der Waals surface area (Å²) in [6.07, 6.45) is 5.42. The summed E-state index contributed by atoms with van der Waals surface area (Å²) < 4.78 is 0. The van der Waals surface area contributed by atoms with E-state index in [4.69, 9.17) is 0 Å². The third-order valence-electron chi connectivity index (χ3n) is 4.10. The normalized spacial score (nSPS) is 17.1. The summed E-state index contributed by atoms with van der Waals surface area (Å²) >= 11 is 1.81. The summed E-state index contributed by atoms with van der Waals surface area (Å²) in [7, 11) is 0. The highest BCUT2D eigenvalue weighted by atomic mass is 32.1. The fourth-order valence-corrected chi connectivity index (χ4v) is 3.25. The molecule has 0 spiro atoms. The smallest absolute Gasteiger partial charge is 0.0245 e. The molecule has 1 fully saturated rings. The Kier molecular flexibility index (Phi) is 6.53. The van der Waals surface area contributed by atoms with Gasteiger partial charge in [-0.05, 0) is 60.9 Å². The van der Waals surface area contributed by atoms with Crippen molar-refractivity contribution in [1.82, 2.24) is 10.2 Å². The van der Waals surface area contributed by atoms with E-state index in [2.05, 4.69) is 47.8 Å². The van der Waals surface area contributed by atoms with Crippen LogP contribution in [0.3, 0.4) is 0 Å². The Bertz CT molecular complexity index is 357. The molecule has 0 radical (unpaired) electrons. The molecule has 1 heterocycles. The molecule has 2 rings (SSSR count). The van der Waals surface area contributed by atoms with Crippen LogP contribution in [-0.2, 0) is 6.54 Å². The Morgan fingerprint density at radius 2 is 2.10 bits per heavy atom. The summed E-state index contributed by atoms with van der Waals surface area (Å²) in [6, 6.07) is 3.76.